The molecule has 1 aliphatic rings. The Morgan fingerprint density at radius 1 is 1.16 bits per heavy atom. The Kier molecular flexibility index (Phi) is 2.17. The van der Waals surface area contributed by atoms with Gasteiger partial charge < -0.3 is 14.8 Å². The summed E-state index contributed by atoms with van der Waals surface area (Å²) < 4.78 is 5.41. The second-order valence-corrected chi connectivity index (χ2v) is 4.56. The van der Waals surface area contributed by atoms with Gasteiger partial charge in [0, 0.05) is 18.4 Å². The van der Waals surface area contributed by atoms with E-state index < -0.39 is 0 Å². The van der Waals surface area contributed by atoms with Gasteiger partial charge in [-0.1, -0.05) is 23.4 Å². The van der Waals surface area contributed by atoms with Crippen molar-refractivity contribution in [2.75, 3.05) is 11.9 Å². The van der Waals surface area contributed by atoms with Crippen molar-refractivity contribution < 1.29 is 4.52 Å². The van der Waals surface area contributed by atoms with Crippen LogP contribution in [-0.2, 0) is 0 Å². The fraction of sp³-hybridized carbons (Fsp3) is 0.143. The standard InChI is InChI=1S/C14H12N4O/c1-2-5-11-9(4-1)10(8-16-11)14-17-13(18-19-14)12-6-3-7-15-12/h1-7,10,15-16H,8H2. The van der Waals surface area contributed by atoms with Crippen molar-refractivity contribution in [3.8, 4) is 11.5 Å². The molecule has 0 amide bonds. The van der Waals surface area contributed by atoms with Crippen LogP contribution in [0.25, 0.3) is 11.5 Å². The molecule has 0 fully saturated rings. The number of anilines is 1. The molecule has 2 aromatic heterocycles. The van der Waals surface area contributed by atoms with Crippen molar-refractivity contribution >= 4 is 5.69 Å². The van der Waals surface area contributed by atoms with Crippen molar-refractivity contribution in [2.45, 2.75) is 5.92 Å². The van der Waals surface area contributed by atoms with E-state index in [2.05, 4.69) is 32.6 Å². The van der Waals surface area contributed by atoms with Gasteiger partial charge in [-0.05, 0) is 23.8 Å². The molecule has 19 heavy (non-hydrogen) atoms. The molecular formula is C14H12N4O. The van der Waals surface area contributed by atoms with E-state index in [1.165, 1.54) is 5.56 Å². The van der Waals surface area contributed by atoms with Crippen molar-refractivity contribution in [3.05, 3.63) is 54.0 Å². The van der Waals surface area contributed by atoms with Crippen LogP contribution in [0, 0.1) is 0 Å². The normalized spacial score (nSPS) is 17.2. The summed E-state index contributed by atoms with van der Waals surface area (Å²) in [6, 6.07) is 12.1. The molecule has 94 valence electrons. The van der Waals surface area contributed by atoms with Gasteiger partial charge in [-0.3, -0.25) is 0 Å². The zero-order valence-electron chi connectivity index (χ0n) is 10.1. The first kappa shape index (κ1) is 10.4. The van der Waals surface area contributed by atoms with Gasteiger partial charge in [0.1, 0.15) is 0 Å². The molecule has 1 unspecified atom stereocenters. The van der Waals surface area contributed by atoms with Gasteiger partial charge in [-0.2, -0.15) is 4.98 Å². The van der Waals surface area contributed by atoms with Gasteiger partial charge in [0.25, 0.3) is 0 Å². The summed E-state index contributed by atoms with van der Waals surface area (Å²) in [4.78, 5) is 7.56. The van der Waals surface area contributed by atoms with Crippen molar-refractivity contribution in [2.24, 2.45) is 0 Å². The molecule has 1 aliphatic heterocycles. The highest BCUT2D eigenvalue weighted by atomic mass is 16.5. The maximum Gasteiger partial charge on any atom is 0.236 e. The molecule has 2 N–H and O–H groups in total. The van der Waals surface area contributed by atoms with Crippen LogP contribution in [0.5, 0.6) is 0 Å². The van der Waals surface area contributed by atoms with E-state index in [4.69, 9.17) is 4.52 Å². The topological polar surface area (TPSA) is 66.7 Å². The lowest BCUT2D eigenvalue weighted by molar-refractivity contribution is 0.370. The Morgan fingerprint density at radius 3 is 3.00 bits per heavy atom. The van der Waals surface area contributed by atoms with E-state index in [0.717, 1.165) is 17.9 Å². The Bertz CT molecular complexity index is 702. The number of benzene rings is 1. The van der Waals surface area contributed by atoms with Crippen LogP contribution >= 0.6 is 0 Å². The number of hydrogen-bond acceptors (Lipinski definition) is 4. The second-order valence-electron chi connectivity index (χ2n) is 4.56. The minimum Gasteiger partial charge on any atom is -0.384 e. The summed E-state index contributed by atoms with van der Waals surface area (Å²) in [6.07, 6.45) is 1.85. The largest absolute Gasteiger partial charge is 0.384 e. The first-order valence-corrected chi connectivity index (χ1v) is 6.22. The molecule has 0 aliphatic carbocycles. The van der Waals surface area contributed by atoms with Crippen molar-refractivity contribution in [1.82, 2.24) is 15.1 Å². The number of H-pyrrole nitrogens is 1. The molecule has 0 saturated heterocycles. The summed E-state index contributed by atoms with van der Waals surface area (Å²) in [6.45, 7) is 0.797. The molecule has 0 bridgehead atoms. The maximum atomic E-state index is 5.41. The lowest BCUT2D eigenvalue weighted by Gasteiger charge is -2.02. The number of nitrogens with one attached hydrogen (secondary N) is 2. The summed E-state index contributed by atoms with van der Waals surface area (Å²) in [5, 5.41) is 7.39. The highest BCUT2D eigenvalue weighted by molar-refractivity contribution is 5.59. The number of hydrogen-bond donors (Lipinski definition) is 2. The quantitative estimate of drug-likeness (QED) is 0.735. The van der Waals surface area contributed by atoms with Gasteiger partial charge in [-0.15, -0.1) is 0 Å². The SMILES string of the molecule is c1c[nH]c(-c2noc(C3CNc4ccccc43)n2)c1. The second kappa shape index (κ2) is 3.98. The highest BCUT2D eigenvalue weighted by Gasteiger charge is 2.28. The van der Waals surface area contributed by atoms with E-state index in [1.54, 1.807) is 0 Å². The molecule has 3 heterocycles. The van der Waals surface area contributed by atoms with Crippen LogP contribution in [-0.4, -0.2) is 21.7 Å². The van der Waals surface area contributed by atoms with Crippen LogP contribution < -0.4 is 5.32 Å². The average Bonchev–Trinajstić information content (AvgIpc) is 3.18. The molecular weight excluding hydrogens is 240 g/mol. The number of fused-ring (bicyclic) bond motifs is 1. The Balaban J connectivity index is 1.71. The molecule has 0 spiro atoms. The van der Waals surface area contributed by atoms with Gasteiger partial charge in [0.2, 0.25) is 11.7 Å². The smallest absolute Gasteiger partial charge is 0.236 e. The number of aromatic amines is 1. The highest BCUT2D eigenvalue weighted by Crippen LogP contribution is 2.35. The number of rotatable bonds is 2. The minimum absolute atomic E-state index is 0.132. The van der Waals surface area contributed by atoms with Crippen LogP contribution in [0.4, 0.5) is 5.69 Å². The van der Waals surface area contributed by atoms with Crippen LogP contribution in [0.1, 0.15) is 17.4 Å². The van der Waals surface area contributed by atoms with Gasteiger partial charge in [0.15, 0.2) is 0 Å². The third kappa shape index (κ3) is 1.62. The Morgan fingerprint density at radius 2 is 2.11 bits per heavy atom. The third-order valence-electron chi connectivity index (χ3n) is 3.41. The molecule has 5 heteroatoms. The minimum atomic E-state index is 0.132. The van der Waals surface area contributed by atoms with E-state index >= 15 is 0 Å². The van der Waals surface area contributed by atoms with Gasteiger partial charge >= 0.3 is 0 Å². The molecule has 1 atom stereocenters. The third-order valence-corrected chi connectivity index (χ3v) is 3.41. The van der Waals surface area contributed by atoms with Gasteiger partial charge in [-0.25, -0.2) is 0 Å². The number of para-hydroxylation sites is 1. The average molecular weight is 252 g/mol. The van der Waals surface area contributed by atoms with Crippen LogP contribution in [0.3, 0.4) is 0 Å². The molecule has 3 aromatic rings. The molecule has 0 radical (unpaired) electrons. The van der Waals surface area contributed by atoms with E-state index in [9.17, 15) is 0 Å². The first-order chi connectivity index (χ1) is 9.42. The van der Waals surface area contributed by atoms with E-state index in [0.29, 0.717) is 11.7 Å². The predicted octanol–water partition coefficient (Wildman–Crippen LogP) is 2.62. The van der Waals surface area contributed by atoms with E-state index in [-0.39, 0.29) is 5.92 Å². The summed E-state index contributed by atoms with van der Waals surface area (Å²) in [5.41, 5.74) is 3.23. The van der Waals surface area contributed by atoms with Crippen LogP contribution in [0.2, 0.25) is 0 Å². The fourth-order valence-electron chi connectivity index (χ4n) is 2.46. The lowest BCUT2D eigenvalue weighted by Crippen LogP contribution is -2.04. The number of nitrogens with zero attached hydrogens (tertiary/aromatic N) is 2. The number of aromatic nitrogens is 3. The monoisotopic (exact) mass is 252 g/mol. The summed E-state index contributed by atoms with van der Waals surface area (Å²) >= 11 is 0. The molecule has 0 saturated carbocycles. The Labute approximate surface area is 109 Å². The van der Waals surface area contributed by atoms with E-state index in [1.807, 2.05) is 30.5 Å². The first-order valence-electron chi connectivity index (χ1n) is 6.22. The maximum absolute atomic E-state index is 5.41. The fourth-order valence-corrected chi connectivity index (χ4v) is 2.46. The van der Waals surface area contributed by atoms with Crippen molar-refractivity contribution in [3.63, 3.8) is 0 Å². The molecule has 1 aromatic carbocycles. The summed E-state index contributed by atoms with van der Waals surface area (Å²) in [7, 11) is 0. The van der Waals surface area contributed by atoms with Crippen LogP contribution in [0.15, 0.2) is 47.1 Å². The molecule has 5 nitrogen and oxygen atoms in total. The molecule has 4 rings (SSSR count). The zero-order valence-corrected chi connectivity index (χ0v) is 10.1. The predicted molar refractivity (Wildman–Crippen MR) is 70.9 cm³/mol. The lowest BCUT2D eigenvalue weighted by atomic mass is 10.0. The van der Waals surface area contributed by atoms with Gasteiger partial charge in [0.05, 0.1) is 11.6 Å². The Hall–Kier alpha value is -2.56. The zero-order chi connectivity index (χ0) is 12.7. The summed E-state index contributed by atoms with van der Waals surface area (Å²) in [5.74, 6) is 1.39. The van der Waals surface area contributed by atoms with Crippen molar-refractivity contribution in [1.29, 1.82) is 0 Å².